The normalized spacial score (nSPS) is 13.5. The summed E-state index contributed by atoms with van der Waals surface area (Å²) in [6, 6.07) is 1.36. The zero-order valence-corrected chi connectivity index (χ0v) is 23.5. The Kier molecular flexibility index (Phi) is 12.9. The topological polar surface area (TPSA) is 68.3 Å². The van der Waals surface area contributed by atoms with Crippen LogP contribution in [0.3, 0.4) is 0 Å². The van der Waals surface area contributed by atoms with Crippen LogP contribution in [0.15, 0.2) is 36.4 Å². The summed E-state index contributed by atoms with van der Waals surface area (Å²) >= 11 is 0. The second-order valence-electron chi connectivity index (χ2n) is 9.66. The van der Waals surface area contributed by atoms with Crippen molar-refractivity contribution < 1.29 is 111 Å². The first-order valence-corrected chi connectivity index (χ1v) is 12.3. The number of rotatable bonds is 12. The summed E-state index contributed by atoms with van der Waals surface area (Å²) in [7, 11) is 0. The van der Waals surface area contributed by atoms with Crippen LogP contribution < -0.4 is 0 Å². The Bertz CT molecular complexity index is 1590. The monoisotopic (exact) mass is 786 g/mol. The first-order valence-electron chi connectivity index (χ1n) is 12.3. The van der Waals surface area contributed by atoms with E-state index in [4.69, 9.17) is 0 Å². The minimum absolute atomic E-state index is 0.188. The average Bonchev–Trinajstić information content (AvgIpc) is 2.94. The van der Waals surface area contributed by atoms with Gasteiger partial charge in [-0.1, -0.05) is 0 Å². The van der Waals surface area contributed by atoms with Gasteiger partial charge >= 0.3 is 48.1 Å². The highest BCUT2D eigenvalue weighted by molar-refractivity contribution is 6.11. The molecule has 25 heteroatoms. The number of alkyl halides is 17. The van der Waals surface area contributed by atoms with Crippen LogP contribution in [-0.4, -0.2) is 71.3 Å². The van der Waals surface area contributed by atoms with Gasteiger partial charge < -0.3 is 0 Å². The summed E-state index contributed by atoms with van der Waals surface area (Å²) in [5, 5.41) is 0. The summed E-state index contributed by atoms with van der Waals surface area (Å²) in [4.78, 5) is 45.2. The average molecular weight is 786 g/mol. The van der Waals surface area contributed by atoms with Crippen molar-refractivity contribution in [3.63, 3.8) is 0 Å². The number of benzene rings is 2. The fraction of sp³-hybridized carbons (Fsp3) is 0.385. The third-order valence-electron chi connectivity index (χ3n) is 6.01. The van der Waals surface area contributed by atoms with E-state index < -0.39 is 119 Å². The van der Waals surface area contributed by atoms with Gasteiger partial charge in [0.2, 0.25) is 11.6 Å². The van der Waals surface area contributed by atoms with E-state index >= 15 is 0 Å². The van der Waals surface area contributed by atoms with Gasteiger partial charge in [-0.2, -0.15) is 61.5 Å². The highest BCUT2D eigenvalue weighted by Crippen LogP contribution is 2.55. The van der Waals surface area contributed by atoms with Crippen molar-refractivity contribution in [3.8, 4) is 0 Å². The van der Waals surface area contributed by atoms with E-state index in [1.54, 1.807) is 0 Å². The lowest BCUT2D eigenvalue weighted by Gasteiger charge is -2.35. The largest absolute Gasteiger partial charge is 0.438 e. The molecule has 2 rings (SSSR count). The van der Waals surface area contributed by atoms with Gasteiger partial charge in [0.25, 0.3) is 0 Å². The zero-order valence-electron chi connectivity index (χ0n) is 23.5. The smallest absolute Gasteiger partial charge is 0.294 e. The van der Waals surface area contributed by atoms with Gasteiger partial charge in [-0.3, -0.25) is 19.2 Å². The molecule has 0 heterocycles. The molecule has 0 saturated heterocycles. The minimum atomic E-state index is -7.27. The second kappa shape index (κ2) is 14.7. The number of carbonyl (C=O) groups is 4. The molecule has 286 valence electrons. The number of Topliss-reactive ketones (excluding diaryl/α,β-unsaturated/α-hetero) is 4. The van der Waals surface area contributed by atoms with Crippen LogP contribution in [-0.2, 0) is 9.59 Å². The first kappa shape index (κ1) is 44.7. The second-order valence-corrected chi connectivity index (χ2v) is 9.66. The number of hydrogen-bond donors (Lipinski definition) is 0. The van der Waals surface area contributed by atoms with Crippen molar-refractivity contribution in [1.29, 1.82) is 0 Å². The fourth-order valence-electron chi connectivity index (χ4n) is 3.38. The van der Waals surface area contributed by atoms with Crippen molar-refractivity contribution in [2.75, 3.05) is 0 Å². The van der Waals surface area contributed by atoms with E-state index in [1.165, 1.54) is 0 Å². The van der Waals surface area contributed by atoms with Crippen LogP contribution >= 0.6 is 0 Å². The van der Waals surface area contributed by atoms with Gasteiger partial charge in [0.15, 0.2) is 11.6 Å². The fourth-order valence-corrected chi connectivity index (χ4v) is 3.38. The van der Waals surface area contributed by atoms with Crippen LogP contribution in [0.5, 0.6) is 0 Å². The molecule has 0 aliphatic rings. The Balaban J connectivity index is 0.000000510. The predicted molar refractivity (Wildman–Crippen MR) is 122 cm³/mol. The van der Waals surface area contributed by atoms with E-state index in [-0.39, 0.29) is 36.4 Å². The molecule has 0 spiro atoms. The van der Waals surface area contributed by atoms with Crippen molar-refractivity contribution in [3.05, 3.63) is 70.8 Å². The maximum atomic E-state index is 13.4. The molecule has 0 saturated carbocycles. The molecule has 0 N–H and O–H groups in total. The SMILES string of the molecule is O=C(CC(=O)C(F)(F)C(F)(C(F)(F)F)C(F)(F)F)c1cc(F)cc(F)c1.O=C(CC(=O)C(F)(F)C(F)(F)C(F)(F)C(F)F)c1cc(F)cc(F)c1. The summed E-state index contributed by atoms with van der Waals surface area (Å²) in [6.45, 7) is 0. The van der Waals surface area contributed by atoms with E-state index in [9.17, 15) is 111 Å². The standard InChI is InChI=1S/C13H5F11O2.C13H6F10O2/c14-6-1-5(2-7(15)3-6)8(25)4-9(26)10(16,17)11(18,12(19,20)21)13(22,23)24;14-6-1-5(2-7(15)3-6)8(24)4-9(25)11(18,19)13(22,23)12(20,21)10(16)17/h1-3H,4H2;1-3,10H,4H2. The number of halogens is 21. The summed E-state index contributed by atoms with van der Waals surface area (Å²) in [5.74, 6) is -42.3. The Morgan fingerprint density at radius 2 is 0.745 bits per heavy atom. The van der Waals surface area contributed by atoms with Gasteiger partial charge in [0.1, 0.15) is 23.3 Å². The predicted octanol–water partition coefficient (Wildman–Crippen LogP) is 8.85. The number of carbonyl (C=O) groups excluding carboxylic acids is 4. The molecule has 0 aromatic heterocycles. The Labute approximate surface area is 267 Å². The molecule has 0 atom stereocenters. The number of ketones is 4. The minimum Gasteiger partial charge on any atom is -0.294 e. The Morgan fingerprint density at radius 1 is 0.471 bits per heavy atom. The third kappa shape index (κ3) is 8.94. The van der Waals surface area contributed by atoms with Gasteiger partial charge in [0, 0.05) is 23.3 Å². The molecule has 2 aromatic rings. The van der Waals surface area contributed by atoms with E-state index in [0.29, 0.717) is 0 Å². The summed E-state index contributed by atoms with van der Waals surface area (Å²) in [5.41, 5.74) is -9.42. The molecule has 0 bridgehead atoms. The van der Waals surface area contributed by atoms with Gasteiger partial charge in [0.05, 0.1) is 12.8 Å². The lowest BCUT2D eigenvalue weighted by Crippen LogP contribution is -2.67. The Morgan fingerprint density at radius 3 is 1.00 bits per heavy atom. The van der Waals surface area contributed by atoms with Gasteiger partial charge in [-0.25, -0.2) is 30.7 Å². The third-order valence-corrected chi connectivity index (χ3v) is 6.01. The number of hydrogen-bond acceptors (Lipinski definition) is 4. The molecule has 0 unspecified atom stereocenters. The highest BCUT2D eigenvalue weighted by atomic mass is 19.4. The first-order chi connectivity index (χ1) is 22.6. The van der Waals surface area contributed by atoms with Gasteiger partial charge in [-0.05, 0) is 24.3 Å². The van der Waals surface area contributed by atoms with Crippen LogP contribution in [0.1, 0.15) is 33.6 Å². The molecule has 0 fully saturated rings. The van der Waals surface area contributed by atoms with Crippen molar-refractivity contribution in [2.45, 2.75) is 61.0 Å². The molecule has 0 radical (unpaired) electrons. The molecule has 51 heavy (non-hydrogen) atoms. The molecular formula is C26H11F21O4. The summed E-state index contributed by atoms with van der Waals surface area (Å²) < 4.78 is 267. The van der Waals surface area contributed by atoms with Crippen molar-refractivity contribution in [1.82, 2.24) is 0 Å². The van der Waals surface area contributed by atoms with Crippen LogP contribution in [0.2, 0.25) is 0 Å². The lowest BCUT2D eigenvalue weighted by molar-refractivity contribution is -0.387. The van der Waals surface area contributed by atoms with Crippen LogP contribution in [0, 0.1) is 23.3 Å². The molecule has 4 nitrogen and oxygen atoms in total. The zero-order chi connectivity index (χ0) is 40.5. The lowest BCUT2D eigenvalue weighted by atomic mass is 9.89. The highest BCUT2D eigenvalue weighted by Gasteiger charge is 2.86. The maximum absolute atomic E-state index is 13.4. The molecule has 0 aliphatic heterocycles. The van der Waals surface area contributed by atoms with Gasteiger partial charge in [-0.15, -0.1) is 0 Å². The Hall–Kier alpha value is -4.35. The molecular weight excluding hydrogens is 775 g/mol. The quantitative estimate of drug-likeness (QED) is 0.123. The molecule has 2 aromatic carbocycles. The molecule has 0 amide bonds. The summed E-state index contributed by atoms with van der Waals surface area (Å²) in [6.07, 6.45) is -24.3. The van der Waals surface area contributed by atoms with E-state index in [0.717, 1.165) is 0 Å². The van der Waals surface area contributed by atoms with Crippen LogP contribution in [0.25, 0.3) is 0 Å². The van der Waals surface area contributed by atoms with Crippen molar-refractivity contribution >= 4 is 23.1 Å². The van der Waals surface area contributed by atoms with Crippen LogP contribution in [0.4, 0.5) is 92.2 Å². The molecule has 0 aliphatic carbocycles. The maximum Gasteiger partial charge on any atom is 0.438 e. The van der Waals surface area contributed by atoms with E-state index in [2.05, 4.69) is 0 Å². The van der Waals surface area contributed by atoms with Crippen molar-refractivity contribution in [2.24, 2.45) is 0 Å². The van der Waals surface area contributed by atoms with E-state index in [1.807, 2.05) is 0 Å².